The van der Waals surface area contributed by atoms with Crippen LogP contribution >= 0.6 is 11.6 Å². The summed E-state index contributed by atoms with van der Waals surface area (Å²) in [7, 11) is -0.758. The van der Waals surface area contributed by atoms with Crippen LogP contribution in [0.4, 0.5) is 5.69 Å². The van der Waals surface area contributed by atoms with Gasteiger partial charge in [-0.25, -0.2) is 4.21 Å². The zero-order valence-electron chi connectivity index (χ0n) is 26.4. The van der Waals surface area contributed by atoms with Gasteiger partial charge in [-0.15, -0.1) is 0 Å². The number of carbonyl (C=O) groups is 2. The molecule has 0 radical (unpaired) electrons. The van der Waals surface area contributed by atoms with Gasteiger partial charge in [-0.3, -0.25) is 14.3 Å². The molecule has 9 heteroatoms. The van der Waals surface area contributed by atoms with Gasteiger partial charge in [-0.05, 0) is 117 Å². The van der Waals surface area contributed by atoms with Gasteiger partial charge in [0.25, 0.3) is 5.91 Å². The van der Waals surface area contributed by atoms with Crippen molar-refractivity contribution < 1.29 is 18.5 Å². The largest absolute Gasteiger partial charge is 0.490 e. The molecule has 2 bridgehead atoms. The molecular weight excluding hydrogens is 606 g/mol. The molecule has 2 aliphatic heterocycles. The van der Waals surface area contributed by atoms with E-state index in [1.165, 1.54) is 11.1 Å². The summed E-state index contributed by atoms with van der Waals surface area (Å²) in [6, 6.07) is 12.1. The first-order valence-corrected chi connectivity index (χ1v) is 19.1. The topological polar surface area (TPSA) is 79.0 Å². The molecule has 2 fully saturated rings. The lowest BCUT2D eigenvalue weighted by molar-refractivity contribution is -0.136. The number of ether oxygens (including phenoxy) is 1. The summed E-state index contributed by atoms with van der Waals surface area (Å²) in [5.41, 5.74) is 3.78. The van der Waals surface area contributed by atoms with Crippen molar-refractivity contribution in [1.82, 2.24) is 9.62 Å². The van der Waals surface area contributed by atoms with Gasteiger partial charge < -0.3 is 14.5 Å². The number of halogens is 1. The Morgan fingerprint density at radius 2 is 1.93 bits per heavy atom. The van der Waals surface area contributed by atoms with Crippen molar-refractivity contribution in [2.75, 3.05) is 37.4 Å². The quantitative estimate of drug-likeness (QED) is 0.403. The monoisotopic (exact) mass is 651 g/mol. The molecule has 2 aromatic rings. The summed E-state index contributed by atoms with van der Waals surface area (Å²) in [5.74, 6) is 6.03. The van der Waals surface area contributed by atoms with Crippen LogP contribution in [0.1, 0.15) is 85.7 Å². The van der Waals surface area contributed by atoms with E-state index in [4.69, 9.17) is 16.3 Å². The van der Waals surface area contributed by atoms with Crippen molar-refractivity contribution >= 4 is 44.7 Å². The minimum Gasteiger partial charge on any atom is -0.490 e. The maximum absolute atomic E-state index is 13.4. The SMILES string of the molecule is C=S1(=O)CCCCC[C@@H](N(C)C(=O)C2CC2)[C@@H]2CC[C@H]2CN2C[C@@]3(CCCc4cc(Cl)ccc43)COc3ccc(cc32)C(=O)N1. The maximum Gasteiger partial charge on any atom is 0.262 e. The Morgan fingerprint density at radius 1 is 1.09 bits per heavy atom. The third kappa shape index (κ3) is 6.21. The number of benzene rings is 2. The highest BCUT2D eigenvalue weighted by Crippen LogP contribution is 2.48. The molecular formula is C36H46ClN3O4S. The Kier molecular flexibility index (Phi) is 8.34. The van der Waals surface area contributed by atoms with Gasteiger partial charge >= 0.3 is 0 Å². The smallest absolute Gasteiger partial charge is 0.262 e. The summed E-state index contributed by atoms with van der Waals surface area (Å²) >= 11 is 6.45. The predicted molar refractivity (Wildman–Crippen MR) is 182 cm³/mol. The number of nitrogens with one attached hydrogen (secondary N) is 1. The molecule has 2 amide bonds. The van der Waals surface area contributed by atoms with E-state index in [0.717, 1.165) is 100 Å². The summed E-state index contributed by atoms with van der Waals surface area (Å²) in [4.78, 5) is 31.3. The van der Waals surface area contributed by atoms with Gasteiger partial charge in [-0.1, -0.05) is 30.5 Å². The number of carbonyl (C=O) groups excluding carboxylic acids is 2. The molecule has 242 valence electrons. The molecule has 0 saturated heterocycles. The van der Waals surface area contributed by atoms with Gasteiger partial charge in [0.2, 0.25) is 5.91 Å². The van der Waals surface area contributed by atoms with Gasteiger partial charge in [0.05, 0.1) is 12.3 Å². The van der Waals surface area contributed by atoms with E-state index in [9.17, 15) is 13.8 Å². The highest BCUT2D eigenvalue weighted by Gasteiger charge is 2.46. The third-order valence-electron chi connectivity index (χ3n) is 11.2. The van der Waals surface area contributed by atoms with Crippen molar-refractivity contribution in [3.63, 3.8) is 0 Å². The summed E-state index contributed by atoms with van der Waals surface area (Å²) in [6.45, 7) is 2.17. The van der Waals surface area contributed by atoms with Crippen LogP contribution in [0.5, 0.6) is 5.75 Å². The average Bonchev–Trinajstić information content (AvgIpc) is 3.86. The number of hydrogen-bond acceptors (Lipinski definition) is 5. The standard InChI is InChI=1S/C36H46ClN3O4S/c1-39(35(42)24-9-10-24)31-8-4-3-5-18-45(2,43)38-34(41)26-12-16-33-32(20-26)40(21-27-11-14-29(27)31)22-36(23-44-33)17-6-7-25-19-28(37)13-15-30(25)36/h12-13,15-16,19-20,24,27,29,31H,2-11,14,17-18,21-23H2,1H3,(H,38,41,43)/t27-,29+,31+,36-,45?/m0/s1. The number of amides is 2. The molecule has 2 heterocycles. The van der Waals surface area contributed by atoms with E-state index < -0.39 is 9.71 Å². The lowest BCUT2D eigenvalue weighted by Gasteiger charge is -2.48. The van der Waals surface area contributed by atoms with E-state index >= 15 is 0 Å². The Bertz CT molecular complexity index is 1590. The van der Waals surface area contributed by atoms with E-state index in [2.05, 4.69) is 32.5 Å². The molecule has 2 saturated carbocycles. The normalized spacial score (nSPS) is 31.8. The number of fused-ring (bicyclic) bond motifs is 4. The molecule has 1 N–H and O–H groups in total. The summed E-state index contributed by atoms with van der Waals surface area (Å²) < 4.78 is 22.7. The molecule has 45 heavy (non-hydrogen) atoms. The number of nitrogens with zero attached hydrogens (tertiary/aromatic N) is 2. The Hall–Kier alpha value is -2.71. The minimum atomic E-state index is -2.78. The zero-order valence-corrected chi connectivity index (χ0v) is 28.0. The second-order valence-electron chi connectivity index (χ2n) is 14.4. The third-order valence-corrected chi connectivity index (χ3v) is 13.0. The molecule has 1 spiro atoms. The lowest BCUT2D eigenvalue weighted by Crippen LogP contribution is -2.53. The first kappa shape index (κ1) is 30.9. The average molecular weight is 652 g/mol. The van der Waals surface area contributed by atoms with Crippen LogP contribution in [0.3, 0.4) is 0 Å². The maximum atomic E-state index is 13.4. The van der Waals surface area contributed by atoms with E-state index in [-0.39, 0.29) is 23.3 Å². The minimum absolute atomic E-state index is 0.195. The molecule has 7 rings (SSSR count). The molecule has 0 aromatic heterocycles. The molecule has 5 aliphatic rings. The Labute approximate surface area is 273 Å². The van der Waals surface area contributed by atoms with Crippen molar-refractivity contribution in [3.8, 4) is 5.75 Å². The van der Waals surface area contributed by atoms with Crippen molar-refractivity contribution in [2.24, 2.45) is 17.8 Å². The summed E-state index contributed by atoms with van der Waals surface area (Å²) in [6.07, 6.45) is 10.9. The molecule has 5 atom stereocenters. The van der Waals surface area contributed by atoms with E-state index in [1.54, 1.807) is 6.07 Å². The zero-order chi connectivity index (χ0) is 31.3. The number of aryl methyl sites for hydroxylation is 1. The van der Waals surface area contributed by atoms with Gasteiger partial charge in [0.1, 0.15) is 5.75 Å². The van der Waals surface area contributed by atoms with Crippen LogP contribution in [0, 0.1) is 17.8 Å². The fraction of sp³-hybridized carbons (Fsp3) is 0.583. The van der Waals surface area contributed by atoms with E-state index in [0.29, 0.717) is 35.7 Å². The van der Waals surface area contributed by atoms with Crippen LogP contribution in [0.2, 0.25) is 5.02 Å². The Morgan fingerprint density at radius 3 is 2.71 bits per heavy atom. The second-order valence-corrected chi connectivity index (χ2v) is 17.0. The van der Waals surface area contributed by atoms with Crippen LogP contribution in [0.15, 0.2) is 36.4 Å². The van der Waals surface area contributed by atoms with Gasteiger partial charge in [-0.2, -0.15) is 0 Å². The number of hydrogen-bond donors (Lipinski definition) is 1. The first-order chi connectivity index (χ1) is 21.6. The first-order valence-electron chi connectivity index (χ1n) is 16.9. The molecule has 3 aliphatic carbocycles. The molecule has 7 nitrogen and oxygen atoms in total. The fourth-order valence-electron chi connectivity index (χ4n) is 8.49. The van der Waals surface area contributed by atoms with Gasteiger partial charge in [0.15, 0.2) is 0 Å². The van der Waals surface area contributed by atoms with Crippen LogP contribution in [0.25, 0.3) is 0 Å². The van der Waals surface area contributed by atoms with Crippen molar-refractivity contribution in [3.05, 3.63) is 58.1 Å². The lowest BCUT2D eigenvalue weighted by atomic mass is 9.67. The Balaban J connectivity index is 1.27. The van der Waals surface area contributed by atoms with Crippen molar-refractivity contribution in [1.29, 1.82) is 0 Å². The van der Waals surface area contributed by atoms with Crippen molar-refractivity contribution in [2.45, 2.75) is 82.1 Å². The predicted octanol–water partition coefficient (Wildman–Crippen LogP) is 6.01. The van der Waals surface area contributed by atoms with E-state index in [1.807, 2.05) is 25.2 Å². The number of rotatable bonds is 2. The van der Waals surface area contributed by atoms with Crippen LogP contribution in [-0.2, 0) is 26.3 Å². The van der Waals surface area contributed by atoms with Crippen LogP contribution < -0.4 is 14.4 Å². The van der Waals surface area contributed by atoms with Crippen LogP contribution in [-0.4, -0.2) is 65.3 Å². The molecule has 2 aromatic carbocycles. The summed E-state index contributed by atoms with van der Waals surface area (Å²) in [5, 5.41) is 0.763. The molecule has 1 unspecified atom stereocenters. The highest BCUT2D eigenvalue weighted by molar-refractivity contribution is 7.99. The number of anilines is 1. The van der Waals surface area contributed by atoms with Gasteiger partial charge in [0, 0.05) is 63.6 Å². The second kappa shape index (κ2) is 12.1. The highest BCUT2D eigenvalue weighted by atomic mass is 35.5. The fourth-order valence-corrected chi connectivity index (χ4v) is 9.91.